The molecular formula is C27H38N2O3S. The molecule has 4 rings (SSSR count). The van der Waals surface area contributed by atoms with Crippen LogP contribution in [0.25, 0.3) is 0 Å². The van der Waals surface area contributed by atoms with Gasteiger partial charge in [0.15, 0.2) is 9.84 Å². The number of fused-ring (bicyclic) bond motifs is 1. The van der Waals surface area contributed by atoms with Crippen LogP contribution in [0.5, 0.6) is 5.75 Å². The summed E-state index contributed by atoms with van der Waals surface area (Å²) in [5.74, 6) is 2.20. The molecule has 2 aromatic rings. The van der Waals surface area contributed by atoms with Gasteiger partial charge in [-0.3, -0.25) is 4.90 Å². The highest BCUT2D eigenvalue weighted by Crippen LogP contribution is 2.41. The van der Waals surface area contributed by atoms with Gasteiger partial charge in [-0.2, -0.15) is 0 Å². The fourth-order valence-corrected chi connectivity index (χ4v) is 7.18. The van der Waals surface area contributed by atoms with Gasteiger partial charge in [0.1, 0.15) is 12.4 Å². The highest BCUT2D eigenvalue weighted by Gasteiger charge is 2.36. The van der Waals surface area contributed by atoms with Gasteiger partial charge in [0.05, 0.1) is 11.8 Å². The van der Waals surface area contributed by atoms with Gasteiger partial charge in [-0.05, 0) is 49.7 Å². The van der Waals surface area contributed by atoms with Crippen molar-refractivity contribution < 1.29 is 13.2 Å². The van der Waals surface area contributed by atoms with Crippen LogP contribution in [0.1, 0.15) is 44.2 Å². The number of benzene rings is 2. The summed E-state index contributed by atoms with van der Waals surface area (Å²) in [6.07, 6.45) is 1.68. The third-order valence-electron chi connectivity index (χ3n) is 7.17. The van der Waals surface area contributed by atoms with E-state index in [2.05, 4.69) is 72.2 Å². The maximum Gasteiger partial charge on any atom is 0.150 e. The minimum absolute atomic E-state index is 0.234. The maximum absolute atomic E-state index is 12.2. The molecule has 0 saturated carbocycles. The summed E-state index contributed by atoms with van der Waals surface area (Å²) < 4.78 is 30.7. The molecule has 1 saturated heterocycles. The minimum atomic E-state index is -2.93. The Balaban J connectivity index is 1.55. The van der Waals surface area contributed by atoms with E-state index in [1.54, 1.807) is 0 Å². The molecule has 2 aliphatic rings. The SMILES string of the molecule is CCCS(=O)(=O)CC1CN(c2ccc3c(c2)C(Cc2ccccc2)C(N(CC)CC)CO3)C1. The summed E-state index contributed by atoms with van der Waals surface area (Å²) in [7, 11) is -2.93. The van der Waals surface area contributed by atoms with Crippen LogP contribution in [-0.2, 0) is 16.3 Å². The highest BCUT2D eigenvalue weighted by atomic mass is 32.2. The van der Waals surface area contributed by atoms with E-state index in [1.807, 2.05) is 6.92 Å². The normalized spacial score (nSPS) is 20.9. The van der Waals surface area contributed by atoms with Crippen LogP contribution in [0.4, 0.5) is 5.69 Å². The van der Waals surface area contributed by atoms with Crippen molar-refractivity contribution in [2.45, 2.75) is 45.6 Å². The van der Waals surface area contributed by atoms with Crippen molar-refractivity contribution in [1.82, 2.24) is 4.90 Å². The summed E-state index contributed by atoms with van der Waals surface area (Å²) in [5.41, 5.74) is 3.81. The van der Waals surface area contributed by atoms with E-state index in [1.165, 1.54) is 16.8 Å². The summed E-state index contributed by atoms with van der Waals surface area (Å²) in [4.78, 5) is 4.83. The average molecular weight is 471 g/mol. The molecule has 1 fully saturated rings. The molecule has 2 aromatic carbocycles. The van der Waals surface area contributed by atoms with E-state index in [9.17, 15) is 8.42 Å². The second-order valence-corrected chi connectivity index (χ2v) is 11.7. The number of anilines is 1. The molecule has 0 aromatic heterocycles. The predicted octanol–water partition coefficient (Wildman–Crippen LogP) is 4.38. The molecule has 0 amide bonds. The standard InChI is InChI=1S/C27H38N2O3S/c1-4-14-33(30,31)20-22-17-29(18-22)23-12-13-27-25(16-23)24(15-21-10-8-7-9-11-21)26(19-32-27)28(5-2)6-3/h7-13,16,22,24,26H,4-6,14-15,17-20H2,1-3H3. The van der Waals surface area contributed by atoms with Crippen LogP contribution in [0.2, 0.25) is 0 Å². The van der Waals surface area contributed by atoms with E-state index >= 15 is 0 Å². The van der Waals surface area contributed by atoms with Crippen molar-refractivity contribution in [1.29, 1.82) is 0 Å². The molecule has 0 radical (unpaired) electrons. The van der Waals surface area contributed by atoms with Crippen LogP contribution in [0.15, 0.2) is 48.5 Å². The van der Waals surface area contributed by atoms with E-state index in [0.717, 1.165) is 38.3 Å². The van der Waals surface area contributed by atoms with E-state index in [4.69, 9.17) is 4.74 Å². The van der Waals surface area contributed by atoms with Crippen molar-refractivity contribution in [3.05, 3.63) is 59.7 Å². The first kappa shape index (κ1) is 24.1. The molecule has 5 nitrogen and oxygen atoms in total. The first-order chi connectivity index (χ1) is 15.9. The van der Waals surface area contributed by atoms with Gasteiger partial charge < -0.3 is 9.64 Å². The second kappa shape index (κ2) is 10.5. The van der Waals surface area contributed by atoms with Crippen molar-refractivity contribution in [2.24, 2.45) is 5.92 Å². The van der Waals surface area contributed by atoms with Crippen LogP contribution in [0.3, 0.4) is 0 Å². The Labute approximate surface area is 199 Å². The fraction of sp³-hybridized carbons (Fsp3) is 0.556. The molecule has 0 bridgehead atoms. The lowest BCUT2D eigenvalue weighted by molar-refractivity contribution is 0.105. The van der Waals surface area contributed by atoms with Crippen molar-refractivity contribution in [3.63, 3.8) is 0 Å². The van der Waals surface area contributed by atoms with Gasteiger partial charge in [-0.25, -0.2) is 8.42 Å². The van der Waals surface area contributed by atoms with Gasteiger partial charge in [0, 0.05) is 41.9 Å². The Morgan fingerprint density at radius 3 is 2.42 bits per heavy atom. The molecule has 180 valence electrons. The number of likely N-dealkylation sites (N-methyl/N-ethyl adjacent to an activating group) is 1. The summed E-state index contributed by atoms with van der Waals surface area (Å²) >= 11 is 0. The molecule has 2 unspecified atom stereocenters. The number of rotatable bonds is 10. The molecule has 0 spiro atoms. The number of hydrogen-bond donors (Lipinski definition) is 0. The fourth-order valence-electron chi connectivity index (χ4n) is 5.46. The first-order valence-electron chi connectivity index (χ1n) is 12.4. The third kappa shape index (κ3) is 5.55. The molecule has 6 heteroatoms. The van der Waals surface area contributed by atoms with Crippen LogP contribution in [-0.4, -0.2) is 63.7 Å². The van der Waals surface area contributed by atoms with Gasteiger partial charge >= 0.3 is 0 Å². The zero-order chi connectivity index (χ0) is 23.4. The molecule has 33 heavy (non-hydrogen) atoms. The van der Waals surface area contributed by atoms with E-state index in [-0.39, 0.29) is 5.92 Å². The van der Waals surface area contributed by atoms with Crippen molar-refractivity contribution in [3.8, 4) is 5.75 Å². The molecule has 2 atom stereocenters. The van der Waals surface area contributed by atoms with Crippen LogP contribution >= 0.6 is 0 Å². The Kier molecular flexibility index (Phi) is 7.65. The van der Waals surface area contributed by atoms with Crippen molar-refractivity contribution >= 4 is 15.5 Å². The van der Waals surface area contributed by atoms with Gasteiger partial charge in [0.25, 0.3) is 0 Å². The zero-order valence-corrected chi connectivity index (χ0v) is 21.1. The lowest BCUT2D eigenvalue weighted by atomic mass is 9.82. The number of sulfone groups is 1. The second-order valence-electron chi connectivity index (χ2n) is 9.50. The smallest absolute Gasteiger partial charge is 0.150 e. The topological polar surface area (TPSA) is 49.9 Å². The third-order valence-corrected chi connectivity index (χ3v) is 9.18. The summed E-state index contributed by atoms with van der Waals surface area (Å²) in [6, 6.07) is 17.6. The summed E-state index contributed by atoms with van der Waals surface area (Å²) in [5, 5.41) is 0. The lowest BCUT2D eigenvalue weighted by Crippen LogP contribution is -2.50. The monoisotopic (exact) mass is 470 g/mol. The van der Waals surface area contributed by atoms with E-state index < -0.39 is 9.84 Å². The molecule has 0 aliphatic carbocycles. The number of hydrogen-bond acceptors (Lipinski definition) is 5. The molecule has 2 heterocycles. The minimum Gasteiger partial charge on any atom is -0.492 e. The van der Waals surface area contributed by atoms with Crippen LogP contribution in [0, 0.1) is 5.92 Å². The van der Waals surface area contributed by atoms with Gasteiger partial charge in [-0.15, -0.1) is 0 Å². The van der Waals surface area contributed by atoms with E-state index in [0.29, 0.717) is 36.5 Å². The number of nitrogens with zero attached hydrogens (tertiary/aromatic N) is 2. The highest BCUT2D eigenvalue weighted by molar-refractivity contribution is 7.91. The Morgan fingerprint density at radius 2 is 1.76 bits per heavy atom. The van der Waals surface area contributed by atoms with Crippen molar-refractivity contribution in [2.75, 3.05) is 49.2 Å². The lowest BCUT2D eigenvalue weighted by Gasteiger charge is -2.43. The first-order valence-corrected chi connectivity index (χ1v) is 14.3. The zero-order valence-electron chi connectivity index (χ0n) is 20.2. The number of ether oxygens (including phenoxy) is 1. The quantitative estimate of drug-likeness (QED) is 0.516. The molecule has 0 N–H and O–H groups in total. The Morgan fingerprint density at radius 1 is 1.03 bits per heavy atom. The predicted molar refractivity (Wildman–Crippen MR) is 136 cm³/mol. The molecule has 2 aliphatic heterocycles. The van der Waals surface area contributed by atoms with Crippen LogP contribution < -0.4 is 9.64 Å². The molecular weight excluding hydrogens is 432 g/mol. The van der Waals surface area contributed by atoms with Gasteiger partial charge in [0.2, 0.25) is 0 Å². The maximum atomic E-state index is 12.2. The largest absolute Gasteiger partial charge is 0.492 e. The summed E-state index contributed by atoms with van der Waals surface area (Å²) in [6.45, 7) is 10.7. The Bertz CT molecular complexity index is 1010. The Hall–Kier alpha value is -2.05. The van der Waals surface area contributed by atoms with Gasteiger partial charge in [-0.1, -0.05) is 51.1 Å². The average Bonchev–Trinajstić information content (AvgIpc) is 2.78.